The maximum Gasteiger partial charge on any atom is 0.253 e. The SMILES string of the molecule is Cc1cccc(N)c1C(=O)NC1CCCN(C)C1. The molecule has 1 saturated heterocycles. The topological polar surface area (TPSA) is 58.4 Å². The number of amides is 1. The fourth-order valence-electron chi connectivity index (χ4n) is 2.54. The van der Waals surface area contributed by atoms with Gasteiger partial charge in [0.15, 0.2) is 0 Å². The van der Waals surface area contributed by atoms with E-state index in [1.165, 1.54) is 0 Å². The zero-order valence-electron chi connectivity index (χ0n) is 11.1. The first-order valence-corrected chi connectivity index (χ1v) is 6.42. The molecule has 0 radical (unpaired) electrons. The summed E-state index contributed by atoms with van der Waals surface area (Å²) in [5.41, 5.74) is 7.98. The molecule has 2 rings (SSSR count). The fraction of sp³-hybridized carbons (Fsp3) is 0.500. The second-order valence-electron chi connectivity index (χ2n) is 5.11. The molecule has 0 aliphatic carbocycles. The van der Waals surface area contributed by atoms with Crippen LogP contribution in [-0.2, 0) is 0 Å². The van der Waals surface area contributed by atoms with Crippen molar-refractivity contribution in [3.63, 3.8) is 0 Å². The lowest BCUT2D eigenvalue weighted by Crippen LogP contribution is -2.46. The number of nitrogens with two attached hydrogens (primary N) is 1. The van der Waals surface area contributed by atoms with Gasteiger partial charge in [-0.05, 0) is 45.0 Å². The van der Waals surface area contributed by atoms with Crippen LogP contribution in [0.2, 0.25) is 0 Å². The number of carbonyl (C=O) groups excluding carboxylic acids is 1. The minimum absolute atomic E-state index is 0.0501. The Morgan fingerprint density at radius 3 is 2.94 bits per heavy atom. The summed E-state index contributed by atoms with van der Waals surface area (Å²) in [5, 5.41) is 3.09. The Bertz CT molecular complexity index is 424. The van der Waals surface area contributed by atoms with E-state index in [0.717, 1.165) is 31.5 Å². The molecule has 18 heavy (non-hydrogen) atoms. The monoisotopic (exact) mass is 247 g/mol. The first-order chi connectivity index (χ1) is 8.58. The van der Waals surface area contributed by atoms with E-state index >= 15 is 0 Å². The molecule has 1 aliphatic rings. The molecule has 0 spiro atoms. The van der Waals surface area contributed by atoms with Crippen LogP contribution >= 0.6 is 0 Å². The Morgan fingerprint density at radius 2 is 2.28 bits per heavy atom. The minimum Gasteiger partial charge on any atom is -0.398 e. The summed E-state index contributed by atoms with van der Waals surface area (Å²) < 4.78 is 0. The number of nitrogen functional groups attached to an aromatic ring is 1. The zero-order chi connectivity index (χ0) is 13.1. The summed E-state index contributed by atoms with van der Waals surface area (Å²) in [6.07, 6.45) is 2.17. The number of nitrogens with one attached hydrogen (secondary N) is 1. The molecule has 1 amide bonds. The molecule has 1 aliphatic heterocycles. The van der Waals surface area contributed by atoms with Crippen LogP contribution in [0.3, 0.4) is 0 Å². The smallest absolute Gasteiger partial charge is 0.253 e. The fourth-order valence-corrected chi connectivity index (χ4v) is 2.54. The van der Waals surface area contributed by atoms with Crippen LogP contribution in [0.1, 0.15) is 28.8 Å². The van der Waals surface area contributed by atoms with Crippen molar-refractivity contribution in [3.05, 3.63) is 29.3 Å². The molecule has 0 aromatic heterocycles. The highest BCUT2D eigenvalue weighted by atomic mass is 16.1. The molecular formula is C14H21N3O. The molecule has 0 saturated carbocycles. The third-order valence-corrected chi connectivity index (χ3v) is 3.49. The molecule has 1 heterocycles. The minimum atomic E-state index is -0.0501. The largest absolute Gasteiger partial charge is 0.398 e. The highest BCUT2D eigenvalue weighted by molar-refractivity contribution is 6.00. The van der Waals surface area contributed by atoms with Crippen molar-refractivity contribution in [2.75, 3.05) is 25.9 Å². The predicted octanol–water partition coefficient (Wildman–Crippen LogP) is 1.40. The van der Waals surface area contributed by atoms with E-state index in [4.69, 9.17) is 5.73 Å². The number of likely N-dealkylation sites (N-methyl/N-ethyl adjacent to an activating group) is 1. The summed E-state index contributed by atoms with van der Waals surface area (Å²) in [6.45, 7) is 3.94. The van der Waals surface area contributed by atoms with Gasteiger partial charge in [0.25, 0.3) is 5.91 Å². The lowest BCUT2D eigenvalue weighted by atomic mass is 10.0. The number of hydrogen-bond acceptors (Lipinski definition) is 3. The summed E-state index contributed by atoms with van der Waals surface area (Å²) in [5.74, 6) is -0.0501. The second-order valence-corrected chi connectivity index (χ2v) is 5.11. The third kappa shape index (κ3) is 2.82. The van der Waals surface area contributed by atoms with Gasteiger partial charge in [0.1, 0.15) is 0 Å². The van der Waals surface area contributed by atoms with Gasteiger partial charge in [0.2, 0.25) is 0 Å². The summed E-state index contributed by atoms with van der Waals surface area (Å²) >= 11 is 0. The Morgan fingerprint density at radius 1 is 1.50 bits per heavy atom. The molecule has 1 unspecified atom stereocenters. The van der Waals surface area contributed by atoms with E-state index in [-0.39, 0.29) is 11.9 Å². The Balaban J connectivity index is 2.07. The van der Waals surface area contributed by atoms with Gasteiger partial charge in [-0.1, -0.05) is 12.1 Å². The summed E-state index contributed by atoms with van der Waals surface area (Å²) in [7, 11) is 2.08. The second kappa shape index (κ2) is 5.40. The lowest BCUT2D eigenvalue weighted by molar-refractivity contribution is 0.0913. The summed E-state index contributed by atoms with van der Waals surface area (Å²) in [6, 6.07) is 5.79. The van der Waals surface area contributed by atoms with Crippen LogP contribution in [0, 0.1) is 6.92 Å². The van der Waals surface area contributed by atoms with Crippen LogP contribution in [-0.4, -0.2) is 37.0 Å². The van der Waals surface area contributed by atoms with Crippen molar-refractivity contribution in [1.29, 1.82) is 0 Å². The number of piperidine rings is 1. The Labute approximate surface area is 108 Å². The lowest BCUT2D eigenvalue weighted by Gasteiger charge is -2.30. The van der Waals surface area contributed by atoms with E-state index in [1.54, 1.807) is 6.07 Å². The van der Waals surface area contributed by atoms with Gasteiger partial charge < -0.3 is 16.0 Å². The summed E-state index contributed by atoms with van der Waals surface area (Å²) in [4.78, 5) is 14.5. The van der Waals surface area contributed by atoms with Crippen LogP contribution in [0.5, 0.6) is 0 Å². The van der Waals surface area contributed by atoms with E-state index in [9.17, 15) is 4.79 Å². The molecular weight excluding hydrogens is 226 g/mol. The Hall–Kier alpha value is -1.55. The standard InChI is InChI=1S/C14H21N3O/c1-10-5-3-7-12(15)13(10)14(18)16-11-6-4-8-17(2)9-11/h3,5,7,11H,4,6,8-9,15H2,1-2H3,(H,16,18). The molecule has 0 bridgehead atoms. The maximum absolute atomic E-state index is 12.3. The van der Waals surface area contributed by atoms with Gasteiger partial charge in [-0.2, -0.15) is 0 Å². The van der Waals surface area contributed by atoms with E-state index < -0.39 is 0 Å². The number of hydrogen-bond donors (Lipinski definition) is 2. The number of rotatable bonds is 2. The van der Waals surface area contributed by atoms with Gasteiger partial charge in [0, 0.05) is 18.3 Å². The van der Waals surface area contributed by atoms with Crippen molar-refractivity contribution < 1.29 is 4.79 Å². The molecule has 4 heteroatoms. The predicted molar refractivity (Wildman–Crippen MR) is 73.6 cm³/mol. The van der Waals surface area contributed by atoms with Crippen LogP contribution in [0.4, 0.5) is 5.69 Å². The van der Waals surface area contributed by atoms with E-state index in [1.807, 2.05) is 19.1 Å². The van der Waals surface area contributed by atoms with E-state index in [2.05, 4.69) is 17.3 Å². The highest BCUT2D eigenvalue weighted by Gasteiger charge is 2.21. The maximum atomic E-state index is 12.3. The number of nitrogens with zero attached hydrogens (tertiary/aromatic N) is 1. The van der Waals surface area contributed by atoms with Crippen LogP contribution < -0.4 is 11.1 Å². The molecule has 1 aromatic carbocycles. The zero-order valence-corrected chi connectivity index (χ0v) is 11.1. The van der Waals surface area contributed by atoms with Crippen LogP contribution in [0.15, 0.2) is 18.2 Å². The molecule has 3 N–H and O–H groups in total. The Kier molecular flexibility index (Phi) is 3.87. The van der Waals surface area contributed by atoms with Crippen molar-refractivity contribution in [3.8, 4) is 0 Å². The number of anilines is 1. The molecule has 4 nitrogen and oxygen atoms in total. The van der Waals surface area contributed by atoms with Gasteiger partial charge >= 0.3 is 0 Å². The number of likely N-dealkylation sites (tertiary alicyclic amines) is 1. The molecule has 98 valence electrons. The average Bonchev–Trinajstić information content (AvgIpc) is 2.28. The third-order valence-electron chi connectivity index (χ3n) is 3.49. The normalized spacial score (nSPS) is 20.7. The molecule has 1 aromatic rings. The number of benzene rings is 1. The van der Waals surface area contributed by atoms with Crippen molar-refractivity contribution in [2.45, 2.75) is 25.8 Å². The van der Waals surface area contributed by atoms with Gasteiger partial charge in [-0.25, -0.2) is 0 Å². The first kappa shape index (κ1) is 12.9. The molecule has 1 atom stereocenters. The number of aryl methyl sites for hydroxylation is 1. The highest BCUT2D eigenvalue weighted by Crippen LogP contribution is 2.17. The average molecular weight is 247 g/mol. The quantitative estimate of drug-likeness (QED) is 0.777. The number of carbonyl (C=O) groups is 1. The van der Waals surface area contributed by atoms with Crippen LogP contribution in [0.25, 0.3) is 0 Å². The van der Waals surface area contributed by atoms with Gasteiger partial charge in [-0.15, -0.1) is 0 Å². The molecule has 1 fully saturated rings. The van der Waals surface area contributed by atoms with Crippen molar-refractivity contribution >= 4 is 11.6 Å². The van der Waals surface area contributed by atoms with Crippen molar-refractivity contribution in [1.82, 2.24) is 10.2 Å². The van der Waals surface area contributed by atoms with Crippen molar-refractivity contribution in [2.24, 2.45) is 0 Å². The first-order valence-electron chi connectivity index (χ1n) is 6.42. The van der Waals surface area contributed by atoms with Gasteiger partial charge in [-0.3, -0.25) is 4.79 Å². The van der Waals surface area contributed by atoms with E-state index in [0.29, 0.717) is 11.3 Å². The van der Waals surface area contributed by atoms with Gasteiger partial charge in [0.05, 0.1) is 5.56 Å².